The molecule has 18 heavy (non-hydrogen) atoms. The average Bonchev–Trinajstić information content (AvgIpc) is 2.72. The van der Waals surface area contributed by atoms with Crippen LogP contribution in [-0.4, -0.2) is 26.8 Å². The van der Waals surface area contributed by atoms with Crippen molar-refractivity contribution >= 4 is 29.1 Å². The molecule has 0 radical (unpaired) electrons. The molecule has 0 aromatic carbocycles. The van der Waals surface area contributed by atoms with Gasteiger partial charge in [0, 0.05) is 20.3 Å². The van der Waals surface area contributed by atoms with Gasteiger partial charge in [-0.3, -0.25) is 4.68 Å². The minimum absolute atomic E-state index is 0.472. The fraction of sp³-hybridized carbons (Fsp3) is 0.364. The van der Waals surface area contributed by atoms with E-state index in [9.17, 15) is 0 Å². The zero-order valence-electron chi connectivity index (χ0n) is 10.5. The molecule has 96 valence electrons. The molecule has 0 saturated carbocycles. The first-order valence-corrected chi connectivity index (χ1v) is 6.01. The van der Waals surface area contributed by atoms with Gasteiger partial charge >= 0.3 is 0 Å². The molecule has 0 aliphatic rings. The van der Waals surface area contributed by atoms with E-state index >= 15 is 0 Å². The number of anilines is 3. The molecule has 2 aromatic rings. The van der Waals surface area contributed by atoms with E-state index in [2.05, 4.69) is 25.7 Å². The Balaban J connectivity index is 2.32. The van der Waals surface area contributed by atoms with E-state index in [1.54, 1.807) is 17.9 Å². The summed E-state index contributed by atoms with van der Waals surface area (Å²) in [6, 6.07) is 0. The molecule has 6 nitrogen and oxygen atoms in total. The van der Waals surface area contributed by atoms with Gasteiger partial charge in [-0.15, -0.1) is 0 Å². The van der Waals surface area contributed by atoms with Crippen LogP contribution in [0, 0.1) is 0 Å². The fourth-order valence-corrected chi connectivity index (χ4v) is 1.74. The van der Waals surface area contributed by atoms with Gasteiger partial charge in [0.05, 0.1) is 17.6 Å². The molecule has 0 bridgehead atoms. The molecular weight excluding hydrogens is 252 g/mol. The predicted molar refractivity (Wildman–Crippen MR) is 72.5 cm³/mol. The highest BCUT2D eigenvalue weighted by Crippen LogP contribution is 2.25. The average molecular weight is 267 g/mol. The summed E-state index contributed by atoms with van der Waals surface area (Å²) < 4.78 is 1.76. The van der Waals surface area contributed by atoms with Crippen LogP contribution in [0.5, 0.6) is 0 Å². The van der Waals surface area contributed by atoms with Crippen molar-refractivity contribution in [3.63, 3.8) is 0 Å². The molecule has 0 aliphatic heterocycles. The Bertz CT molecular complexity index is 550. The Kier molecular flexibility index (Phi) is 3.66. The molecule has 7 heteroatoms. The second-order valence-electron chi connectivity index (χ2n) is 3.78. The van der Waals surface area contributed by atoms with Crippen LogP contribution in [0.15, 0.2) is 12.4 Å². The van der Waals surface area contributed by atoms with E-state index in [4.69, 9.17) is 11.6 Å². The smallest absolute Gasteiger partial charge is 0.224 e. The molecule has 0 unspecified atom stereocenters. The highest BCUT2D eigenvalue weighted by molar-refractivity contribution is 6.32. The summed E-state index contributed by atoms with van der Waals surface area (Å²) >= 11 is 6.06. The van der Waals surface area contributed by atoms with Crippen LogP contribution in [-0.2, 0) is 13.5 Å². The molecule has 2 aromatic heterocycles. The van der Waals surface area contributed by atoms with Gasteiger partial charge in [-0.2, -0.15) is 10.1 Å². The van der Waals surface area contributed by atoms with Gasteiger partial charge in [-0.25, -0.2) is 4.98 Å². The molecule has 2 rings (SSSR count). The normalized spacial score (nSPS) is 10.4. The highest BCUT2D eigenvalue weighted by atomic mass is 35.5. The lowest BCUT2D eigenvalue weighted by Crippen LogP contribution is -2.01. The Morgan fingerprint density at radius 3 is 2.89 bits per heavy atom. The van der Waals surface area contributed by atoms with Crippen molar-refractivity contribution in [1.29, 1.82) is 0 Å². The van der Waals surface area contributed by atoms with Gasteiger partial charge in [0.2, 0.25) is 5.95 Å². The van der Waals surface area contributed by atoms with E-state index in [1.807, 2.05) is 20.2 Å². The van der Waals surface area contributed by atoms with E-state index in [0.29, 0.717) is 16.8 Å². The van der Waals surface area contributed by atoms with Crippen molar-refractivity contribution < 1.29 is 0 Å². The first-order chi connectivity index (χ1) is 8.63. The summed E-state index contributed by atoms with van der Waals surface area (Å²) in [5.41, 5.74) is 1.88. The van der Waals surface area contributed by atoms with Gasteiger partial charge in [-0.05, 0) is 6.42 Å². The second-order valence-corrected chi connectivity index (χ2v) is 4.19. The third-order valence-electron chi connectivity index (χ3n) is 2.46. The minimum Gasteiger partial charge on any atom is -0.357 e. The molecular formula is C11H15ClN6. The number of hydrogen-bond donors (Lipinski definition) is 2. The van der Waals surface area contributed by atoms with Crippen LogP contribution in [0.4, 0.5) is 17.5 Å². The Hall–Kier alpha value is -1.82. The van der Waals surface area contributed by atoms with Gasteiger partial charge in [0.1, 0.15) is 5.02 Å². The third-order valence-corrected chi connectivity index (χ3v) is 2.74. The largest absolute Gasteiger partial charge is 0.357 e. The SMILES string of the molecule is CCc1nn(C)cc1Nc1nc(NC)ncc1Cl. The number of aryl methyl sites for hydroxylation is 2. The van der Waals surface area contributed by atoms with Crippen molar-refractivity contribution in [2.45, 2.75) is 13.3 Å². The predicted octanol–water partition coefficient (Wildman–Crippen LogP) is 2.21. The number of hydrogen-bond acceptors (Lipinski definition) is 5. The lowest BCUT2D eigenvalue weighted by Gasteiger charge is -2.07. The molecule has 0 amide bonds. The monoisotopic (exact) mass is 266 g/mol. The van der Waals surface area contributed by atoms with Crippen molar-refractivity contribution in [2.75, 3.05) is 17.7 Å². The third kappa shape index (κ3) is 2.53. The fourth-order valence-electron chi connectivity index (χ4n) is 1.60. The van der Waals surface area contributed by atoms with Crippen LogP contribution < -0.4 is 10.6 Å². The lowest BCUT2D eigenvalue weighted by molar-refractivity contribution is 0.746. The van der Waals surface area contributed by atoms with E-state index in [1.165, 1.54) is 0 Å². The van der Waals surface area contributed by atoms with Gasteiger partial charge in [0.25, 0.3) is 0 Å². The molecule has 0 spiro atoms. The van der Waals surface area contributed by atoms with Crippen LogP contribution >= 0.6 is 11.6 Å². The van der Waals surface area contributed by atoms with Gasteiger partial charge < -0.3 is 10.6 Å². The molecule has 0 aliphatic carbocycles. The van der Waals surface area contributed by atoms with Crippen molar-refractivity contribution in [1.82, 2.24) is 19.7 Å². The number of nitrogens with one attached hydrogen (secondary N) is 2. The van der Waals surface area contributed by atoms with Crippen LogP contribution in [0.1, 0.15) is 12.6 Å². The van der Waals surface area contributed by atoms with Gasteiger partial charge in [0.15, 0.2) is 5.82 Å². The van der Waals surface area contributed by atoms with Crippen molar-refractivity contribution in [3.05, 3.63) is 23.1 Å². The number of nitrogens with zero attached hydrogens (tertiary/aromatic N) is 4. The van der Waals surface area contributed by atoms with Crippen molar-refractivity contribution in [2.24, 2.45) is 7.05 Å². The van der Waals surface area contributed by atoms with E-state index in [-0.39, 0.29) is 0 Å². The Morgan fingerprint density at radius 1 is 1.44 bits per heavy atom. The summed E-state index contributed by atoms with van der Waals surface area (Å²) in [6.07, 6.45) is 4.30. The maximum atomic E-state index is 6.06. The first kappa shape index (κ1) is 12.6. The quantitative estimate of drug-likeness (QED) is 0.888. The topological polar surface area (TPSA) is 67.7 Å². The summed E-state index contributed by atoms with van der Waals surface area (Å²) in [4.78, 5) is 8.30. The zero-order chi connectivity index (χ0) is 13.1. The summed E-state index contributed by atoms with van der Waals surface area (Å²) in [7, 11) is 3.64. The number of rotatable bonds is 4. The lowest BCUT2D eigenvalue weighted by atomic mass is 10.3. The van der Waals surface area contributed by atoms with Crippen molar-refractivity contribution in [3.8, 4) is 0 Å². The minimum atomic E-state index is 0.472. The molecule has 2 heterocycles. The molecule has 2 N–H and O–H groups in total. The summed E-state index contributed by atoms with van der Waals surface area (Å²) in [5, 5.41) is 10.9. The Labute approximate surface area is 110 Å². The zero-order valence-corrected chi connectivity index (χ0v) is 11.3. The summed E-state index contributed by atoms with van der Waals surface area (Å²) in [5.74, 6) is 1.09. The van der Waals surface area contributed by atoms with E-state index < -0.39 is 0 Å². The van der Waals surface area contributed by atoms with E-state index in [0.717, 1.165) is 17.8 Å². The standard InChI is InChI=1S/C11H15ClN6/c1-4-8-9(6-18(3)17-8)15-10-7(12)5-14-11(13-2)16-10/h5-6H,4H2,1-3H3,(H2,13,14,15,16). The van der Waals surface area contributed by atoms with Gasteiger partial charge in [-0.1, -0.05) is 18.5 Å². The number of aromatic nitrogens is 4. The van der Waals surface area contributed by atoms with Crippen LogP contribution in [0.25, 0.3) is 0 Å². The molecule has 0 fully saturated rings. The van der Waals surface area contributed by atoms with Crippen LogP contribution in [0.3, 0.4) is 0 Å². The molecule has 0 saturated heterocycles. The molecule has 0 atom stereocenters. The van der Waals surface area contributed by atoms with Crippen LogP contribution in [0.2, 0.25) is 5.02 Å². The maximum Gasteiger partial charge on any atom is 0.224 e. The Morgan fingerprint density at radius 2 is 2.22 bits per heavy atom. The summed E-state index contributed by atoms with van der Waals surface area (Å²) in [6.45, 7) is 2.05. The number of halogens is 1. The first-order valence-electron chi connectivity index (χ1n) is 5.64. The second kappa shape index (κ2) is 5.22. The highest BCUT2D eigenvalue weighted by Gasteiger charge is 2.10. The maximum absolute atomic E-state index is 6.06.